The highest BCUT2D eigenvalue weighted by molar-refractivity contribution is 5.66. The van der Waals surface area contributed by atoms with Gasteiger partial charge in [0.15, 0.2) is 0 Å². The van der Waals surface area contributed by atoms with Gasteiger partial charge in [0.25, 0.3) is 0 Å². The summed E-state index contributed by atoms with van der Waals surface area (Å²) < 4.78 is 0. The molecule has 0 saturated carbocycles. The summed E-state index contributed by atoms with van der Waals surface area (Å²) >= 11 is 0. The topological polar surface area (TPSA) is 39.7 Å². The molecular weight excluding hydrogens is 176 g/mol. The minimum absolute atomic E-state index is 0.479. The predicted octanol–water partition coefficient (Wildman–Crippen LogP) is 0.942. The summed E-state index contributed by atoms with van der Waals surface area (Å²) in [5, 5.41) is 6.20. The van der Waals surface area contributed by atoms with E-state index in [2.05, 4.69) is 34.8 Å². The quantitative estimate of drug-likeness (QED) is 0.657. The van der Waals surface area contributed by atoms with Crippen molar-refractivity contribution in [1.82, 2.24) is 15.9 Å². The molecule has 14 heavy (non-hydrogen) atoms. The lowest BCUT2D eigenvalue weighted by molar-refractivity contribution is 0.252. The van der Waals surface area contributed by atoms with E-state index in [0.717, 1.165) is 13.0 Å². The minimum atomic E-state index is 0.479. The van der Waals surface area contributed by atoms with Gasteiger partial charge in [-0.05, 0) is 32.9 Å². The molecule has 0 aliphatic carbocycles. The molecule has 4 heteroatoms. The number of hydrogen-bond acceptors (Lipinski definition) is 4. The van der Waals surface area contributed by atoms with Crippen molar-refractivity contribution < 1.29 is 0 Å². The first kappa shape index (κ1) is 11.2. The number of allylic oxidation sites excluding steroid dienone is 2. The van der Waals surface area contributed by atoms with Crippen molar-refractivity contribution in [2.45, 2.75) is 20.3 Å². The number of rotatable bonds is 4. The van der Waals surface area contributed by atoms with Crippen molar-refractivity contribution in [1.29, 1.82) is 0 Å². The maximum absolute atomic E-state index is 4.12. The van der Waals surface area contributed by atoms with Gasteiger partial charge in [0.2, 0.25) is 0 Å². The average Bonchev–Trinajstić information content (AvgIpc) is 2.20. The molecule has 1 heterocycles. The standard InChI is InChI=1S/C10H20N4/c1-8-9(2)13-12-7-10(8)5-6-14(4)11-3/h7,10-11,13H,5-6H2,1-4H3. The molecule has 0 aromatic heterocycles. The van der Waals surface area contributed by atoms with Gasteiger partial charge in [-0.2, -0.15) is 5.10 Å². The summed E-state index contributed by atoms with van der Waals surface area (Å²) in [6.45, 7) is 5.26. The second-order valence-corrected chi connectivity index (χ2v) is 3.74. The summed E-state index contributed by atoms with van der Waals surface area (Å²) in [7, 11) is 3.98. The zero-order valence-corrected chi connectivity index (χ0v) is 9.46. The normalized spacial score (nSPS) is 21.6. The summed E-state index contributed by atoms with van der Waals surface area (Å²) in [5.41, 5.74) is 8.65. The molecule has 0 saturated heterocycles. The van der Waals surface area contributed by atoms with Crippen LogP contribution in [0.5, 0.6) is 0 Å². The fraction of sp³-hybridized carbons (Fsp3) is 0.700. The molecule has 1 rings (SSSR count). The Morgan fingerprint density at radius 1 is 1.57 bits per heavy atom. The van der Waals surface area contributed by atoms with Gasteiger partial charge >= 0.3 is 0 Å². The molecule has 2 N–H and O–H groups in total. The van der Waals surface area contributed by atoms with Crippen LogP contribution in [0.2, 0.25) is 0 Å². The van der Waals surface area contributed by atoms with Gasteiger partial charge in [-0.3, -0.25) is 10.9 Å². The largest absolute Gasteiger partial charge is 0.283 e. The number of nitrogens with zero attached hydrogens (tertiary/aromatic N) is 2. The van der Waals surface area contributed by atoms with Crippen molar-refractivity contribution in [2.75, 3.05) is 20.6 Å². The van der Waals surface area contributed by atoms with Crippen LogP contribution in [0.15, 0.2) is 16.4 Å². The van der Waals surface area contributed by atoms with Gasteiger partial charge in [0, 0.05) is 31.4 Å². The lowest BCUT2D eigenvalue weighted by Gasteiger charge is -2.22. The zero-order chi connectivity index (χ0) is 10.6. The Morgan fingerprint density at radius 3 is 2.93 bits per heavy atom. The van der Waals surface area contributed by atoms with Crippen LogP contribution in [0.25, 0.3) is 0 Å². The fourth-order valence-corrected chi connectivity index (χ4v) is 1.44. The highest BCUT2D eigenvalue weighted by atomic mass is 15.5. The molecule has 0 radical (unpaired) electrons. The van der Waals surface area contributed by atoms with Crippen molar-refractivity contribution >= 4 is 6.21 Å². The molecule has 0 fully saturated rings. The van der Waals surface area contributed by atoms with Crippen LogP contribution in [0.3, 0.4) is 0 Å². The van der Waals surface area contributed by atoms with Crippen LogP contribution in [-0.2, 0) is 0 Å². The van der Waals surface area contributed by atoms with Crippen LogP contribution in [-0.4, -0.2) is 31.9 Å². The van der Waals surface area contributed by atoms with Crippen molar-refractivity contribution in [3.63, 3.8) is 0 Å². The molecule has 1 aliphatic heterocycles. The van der Waals surface area contributed by atoms with E-state index in [1.807, 2.05) is 20.3 Å². The first-order chi connectivity index (χ1) is 6.65. The van der Waals surface area contributed by atoms with E-state index in [-0.39, 0.29) is 0 Å². The van der Waals surface area contributed by atoms with Crippen LogP contribution in [0.1, 0.15) is 20.3 Å². The monoisotopic (exact) mass is 196 g/mol. The van der Waals surface area contributed by atoms with Gasteiger partial charge in [0.1, 0.15) is 0 Å². The third kappa shape index (κ3) is 2.82. The van der Waals surface area contributed by atoms with E-state index in [1.54, 1.807) is 0 Å². The van der Waals surface area contributed by atoms with E-state index in [0.29, 0.717) is 5.92 Å². The third-order valence-electron chi connectivity index (χ3n) is 2.79. The minimum Gasteiger partial charge on any atom is -0.283 e. The molecule has 0 aromatic carbocycles. The number of hydrogen-bond donors (Lipinski definition) is 2. The molecule has 4 nitrogen and oxygen atoms in total. The van der Waals surface area contributed by atoms with Gasteiger partial charge < -0.3 is 0 Å². The Bertz CT molecular complexity index is 245. The van der Waals surface area contributed by atoms with E-state index < -0.39 is 0 Å². The lowest BCUT2D eigenvalue weighted by Crippen LogP contribution is -2.33. The summed E-state index contributed by atoms with van der Waals surface area (Å²) in [6.07, 6.45) is 3.09. The third-order valence-corrected chi connectivity index (χ3v) is 2.79. The highest BCUT2D eigenvalue weighted by Crippen LogP contribution is 2.18. The molecular formula is C10H20N4. The predicted molar refractivity (Wildman–Crippen MR) is 59.8 cm³/mol. The number of hydrazine groups is 1. The Morgan fingerprint density at radius 2 is 2.29 bits per heavy atom. The first-order valence-electron chi connectivity index (χ1n) is 5.00. The second kappa shape index (κ2) is 5.12. The molecule has 1 aliphatic rings. The summed E-state index contributed by atoms with van der Waals surface area (Å²) in [4.78, 5) is 0. The van der Waals surface area contributed by atoms with Crippen molar-refractivity contribution in [3.05, 3.63) is 11.3 Å². The number of hydrazone groups is 1. The van der Waals surface area contributed by atoms with Gasteiger partial charge in [-0.25, -0.2) is 5.01 Å². The molecule has 1 unspecified atom stereocenters. The average molecular weight is 196 g/mol. The Kier molecular flexibility index (Phi) is 4.10. The maximum Gasteiger partial charge on any atom is 0.0319 e. The molecule has 1 atom stereocenters. The lowest BCUT2D eigenvalue weighted by atomic mass is 9.96. The second-order valence-electron chi connectivity index (χ2n) is 3.74. The smallest absolute Gasteiger partial charge is 0.0319 e. The van der Waals surface area contributed by atoms with Crippen molar-refractivity contribution in [3.8, 4) is 0 Å². The molecule has 0 bridgehead atoms. The van der Waals surface area contributed by atoms with Crippen LogP contribution < -0.4 is 10.9 Å². The van der Waals surface area contributed by atoms with E-state index in [4.69, 9.17) is 0 Å². The van der Waals surface area contributed by atoms with E-state index in [1.165, 1.54) is 11.3 Å². The van der Waals surface area contributed by atoms with Crippen LogP contribution >= 0.6 is 0 Å². The Hall–Kier alpha value is -0.870. The van der Waals surface area contributed by atoms with Crippen molar-refractivity contribution in [2.24, 2.45) is 11.0 Å². The first-order valence-corrected chi connectivity index (χ1v) is 5.00. The fourth-order valence-electron chi connectivity index (χ4n) is 1.44. The molecule has 0 aromatic rings. The zero-order valence-electron chi connectivity index (χ0n) is 9.46. The molecule has 0 spiro atoms. The highest BCUT2D eigenvalue weighted by Gasteiger charge is 2.14. The summed E-state index contributed by atoms with van der Waals surface area (Å²) in [6, 6.07) is 0. The molecule has 0 amide bonds. The van der Waals surface area contributed by atoms with Crippen LogP contribution in [0.4, 0.5) is 0 Å². The van der Waals surface area contributed by atoms with Gasteiger partial charge in [-0.1, -0.05) is 0 Å². The van der Waals surface area contributed by atoms with E-state index in [9.17, 15) is 0 Å². The maximum atomic E-state index is 4.12. The number of nitrogens with one attached hydrogen (secondary N) is 2. The summed E-state index contributed by atoms with van der Waals surface area (Å²) in [5.74, 6) is 0.479. The van der Waals surface area contributed by atoms with Gasteiger partial charge in [-0.15, -0.1) is 0 Å². The Balaban J connectivity index is 2.44. The van der Waals surface area contributed by atoms with Gasteiger partial charge in [0.05, 0.1) is 0 Å². The SMILES string of the molecule is CNN(C)CCC1C=NNC(C)=C1C. The van der Waals surface area contributed by atoms with E-state index >= 15 is 0 Å². The van der Waals surface area contributed by atoms with Crippen LogP contribution in [0, 0.1) is 5.92 Å². The molecule has 80 valence electrons. The Labute approximate surface area is 86.0 Å².